The average Bonchev–Trinajstić information content (AvgIpc) is 2.75. The van der Waals surface area contributed by atoms with Gasteiger partial charge in [0.25, 0.3) is 11.8 Å². The van der Waals surface area contributed by atoms with Crippen LogP contribution in [0.3, 0.4) is 0 Å². The Labute approximate surface area is 194 Å². The molecule has 2 aromatic carbocycles. The van der Waals surface area contributed by atoms with Crippen molar-refractivity contribution >= 4 is 45.5 Å². The van der Waals surface area contributed by atoms with Crippen LogP contribution in [0.4, 0.5) is 10.5 Å². The molecule has 1 heterocycles. The fraction of sp³-hybridized carbons (Fsp3) is 0.208. The van der Waals surface area contributed by atoms with Gasteiger partial charge in [-0.15, -0.1) is 6.58 Å². The molecule has 0 atom stereocenters. The zero-order valence-corrected chi connectivity index (χ0v) is 19.4. The van der Waals surface area contributed by atoms with E-state index in [4.69, 9.17) is 9.47 Å². The Morgan fingerprint density at radius 2 is 1.75 bits per heavy atom. The molecule has 7 nitrogen and oxygen atoms in total. The molecule has 32 heavy (non-hydrogen) atoms. The molecule has 166 valence electrons. The number of nitrogens with zero attached hydrogens (tertiary/aromatic N) is 1. The van der Waals surface area contributed by atoms with Gasteiger partial charge in [0.2, 0.25) is 0 Å². The van der Waals surface area contributed by atoms with E-state index in [1.165, 1.54) is 6.08 Å². The van der Waals surface area contributed by atoms with E-state index in [9.17, 15) is 14.4 Å². The van der Waals surface area contributed by atoms with Gasteiger partial charge in [-0.05, 0) is 68.3 Å². The van der Waals surface area contributed by atoms with E-state index in [2.05, 4.69) is 27.8 Å². The Morgan fingerprint density at radius 3 is 2.38 bits per heavy atom. The minimum atomic E-state index is -0.798. The third-order valence-electron chi connectivity index (χ3n) is 4.60. The summed E-state index contributed by atoms with van der Waals surface area (Å²) in [5.41, 5.74) is 1.56. The van der Waals surface area contributed by atoms with Gasteiger partial charge in [0.1, 0.15) is 5.57 Å². The molecule has 2 aromatic rings. The van der Waals surface area contributed by atoms with Gasteiger partial charge >= 0.3 is 6.03 Å². The Morgan fingerprint density at radius 1 is 1.06 bits per heavy atom. The quantitative estimate of drug-likeness (QED) is 0.325. The topological polar surface area (TPSA) is 84.9 Å². The van der Waals surface area contributed by atoms with E-state index >= 15 is 0 Å². The predicted octanol–water partition coefficient (Wildman–Crippen LogP) is 4.64. The fourth-order valence-corrected chi connectivity index (χ4v) is 3.56. The first-order chi connectivity index (χ1) is 15.4. The molecular formula is C24H23BrN2O5. The number of ether oxygens (including phenoxy) is 2. The summed E-state index contributed by atoms with van der Waals surface area (Å²) in [5.74, 6) is -0.365. The first-order valence-corrected chi connectivity index (χ1v) is 10.9. The number of nitrogens with one attached hydrogen (secondary N) is 1. The molecule has 1 aliphatic heterocycles. The number of hydrogen-bond donors (Lipinski definition) is 1. The van der Waals surface area contributed by atoms with Crippen molar-refractivity contribution in [3.8, 4) is 11.5 Å². The fourth-order valence-electron chi connectivity index (χ4n) is 3.29. The molecule has 0 aromatic heterocycles. The van der Waals surface area contributed by atoms with Crippen LogP contribution in [0.25, 0.3) is 6.08 Å². The van der Waals surface area contributed by atoms with Gasteiger partial charge in [0, 0.05) is 10.0 Å². The van der Waals surface area contributed by atoms with E-state index in [0.29, 0.717) is 42.4 Å². The number of amides is 4. The number of carbonyl (C=O) groups excluding carboxylic acids is 3. The number of urea groups is 1. The zero-order valence-electron chi connectivity index (χ0n) is 17.8. The summed E-state index contributed by atoms with van der Waals surface area (Å²) in [7, 11) is 0. The second kappa shape index (κ2) is 10.3. The van der Waals surface area contributed by atoms with Crippen LogP contribution >= 0.6 is 15.9 Å². The highest BCUT2D eigenvalue weighted by Gasteiger charge is 2.36. The van der Waals surface area contributed by atoms with Gasteiger partial charge in [-0.2, -0.15) is 0 Å². The van der Waals surface area contributed by atoms with E-state index in [0.717, 1.165) is 14.9 Å². The van der Waals surface area contributed by atoms with E-state index in [1.807, 2.05) is 19.9 Å². The van der Waals surface area contributed by atoms with Crippen molar-refractivity contribution in [2.45, 2.75) is 20.3 Å². The zero-order chi connectivity index (χ0) is 23.3. The molecule has 8 heteroatoms. The van der Waals surface area contributed by atoms with Crippen LogP contribution in [0, 0.1) is 0 Å². The minimum absolute atomic E-state index is 0.163. The number of allylic oxidation sites excluding steroid dienone is 1. The maximum absolute atomic E-state index is 13.1. The number of halogens is 1. The van der Waals surface area contributed by atoms with Crippen LogP contribution in [0.2, 0.25) is 0 Å². The summed E-state index contributed by atoms with van der Waals surface area (Å²) in [6.07, 6.45) is 3.69. The number of rotatable bonds is 8. The SMILES string of the molecule is C=CCc1cc(/C=C2\C(=O)NC(=O)N(c3ccc(Br)cc3)C2=O)cc(OCC)c1OCC. The highest BCUT2D eigenvalue weighted by atomic mass is 79.9. The third kappa shape index (κ3) is 4.91. The Balaban J connectivity index is 2.07. The second-order valence-electron chi connectivity index (χ2n) is 6.80. The van der Waals surface area contributed by atoms with E-state index < -0.39 is 17.8 Å². The molecular weight excluding hydrogens is 476 g/mol. The van der Waals surface area contributed by atoms with Gasteiger partial charge in [0.05, 0.1) is 18.9 Å². The first kappa shape index (κ1) is 23.3. The molecule has 0 spiro atoms. The minimum Gasteiger partial charge on any atom is -0.490 e. The summed E-state index contributed by atoms with van der Waals surface area (Å²) >= 11 is 3.32. The Kier molecular flexibility index (Phi) is 7.48. The van der Waals surface area contributed by atoms with E-state index in [1.54, 1.807) is 36.4 Å². The van der Waals surface area contributed by atoms with Crippen LogP contribution in [0.5, 0.6) is 11.5 Å². The van der Waals surface area contributed by atoms with Gasteiger partial charge in [-0.1, -0.05) is 22.0 Å². The largest absolute Gasteiger partial charge is 0.490 e. The lowest BCUT2D eigenvalue weighted by molar-refractivity contribution is -0.122. The molecule has 3 rings (SSSR count). The lowest BCUT2D eigenvalue weighted by atomic mass is 10.0. The molecule has 0 aliphatic carbocycles. The van der Waals surface area contributed by atoms with Crippen molar-refractivity contribution in [2.24, 2.45) is 0 Å². The third-order valence-corrected chi connectivity index (χ3v) is 5.13. The summed E-state index contributed by atoms with van der Waals surface area (Å²) in [5, 5.41) is 2.23. The lowest BCUT2D eigenvalue weighted by Gasteiger charge is -2.26. The highest BCUT2D eigenvalue weighted by molar-refractivity contribution is 9.10. The van der Waals surface area contributed by atoms with Crippen molar-refractivity contribution in [1.82, 2.24) is 5.32 Å². The van der Waals surface area contributed by atoms with Gasteiger partial charge in [-0.3, -0.25) is 14.9 Å². The highest BCUT2D eigenvalue weighted by Crippen LogP contribution is 2.35. The van der Waals surface area contributed by atoms with Gasteiger partial charge in [0.15, 0.2) is 11.5 Å². The van der Waals surface area contributed by atoms with Crippen LogP contribution in [0.15, 0.2) is 59.1 Å². The van der Waals surface area contributed by atoms with Gasteiger partial charge < -0.3 is 9.47 Å². The number of carbonyl (C=O) groups is 3. The molecule has 1 aliphatic rings. The average molecular weight is 499 g/mol. The van der Waals surface area contributed by atoms with Gasteiger partial charge in [-0.25, -0.2) is 9.69 Å². The van der Waals surface area contributed by atoms with Crippen molar-refractivity contribution in [3.05, 3.63) is 70.2 Å². The van der Waals surface area contributed by atoms with Crippen molar-refractivity contribution in [3.63, 3.8) is 0 Å². The summed E-state index contributed by atoms with van der Waals surface area (Å²) < 4.78 is 12.3. The van der Waals surface area contributed by atoms with Crippen molar-refractivity contribution in [2.75, 3.05) is 18.1 Å². The molecule has 1 saturated heterocycles. The number of hydrogen-bond acceptors (Lipinski definition) is 5. The normalized spacial score (nSPS) is 15.0. The number of imide groups is 2. The maximum Gasteiger partial charge on any atom is 0.335 e. The molecule has 0 bridgehead atoms. The monoisotopic (exact) mass is 498 g/mol. The number of anilines is 1. The Hall–Kier alpha value is -3.39. The number of barbiturate groups is 1. The molecule has 1 N–H and O–H groups in total. The summed E-state index contributed by atoms with van der Waals surface area (Å²) in [6, 6.07) is 9.35. The molecule has 0 saturated carbocycles. The summed E-state index contributed by atoms with van der Waals surface area (Å²) in [4.78, 5) is 38.9. The molecule has 1 fully saturated rings. The lowest BCUT2D eigenvalue weighted by Crippen LogP contribution is -2.54. The standard InChI is InChI=1S/C24H23BrN2O5/c1-4-7-16-12-15(14-20(31-5-2)21(16)32-6-3)13-19-22(28)26-24(30)27(23(19)29)18-10-8-17(25)9-11-18/h4,8-14H,1,5-7H2,2-3H3,(H,26,28,30)/b19-13+. The van der Waals surface area contributed by atoms with Crippen LogP contribution in [0.1, 0.15) is 25.0 Å². The number of benzene rings is 2. The van der Waals surface area contributed by atoms with Crippen LogP contribution < -0.4 is 19.7 Å². The van der Waals surface area contributed by atoms with Crippen LogP contribution in [-0.4, -0.2) is 31.1 Å². The second-order valence-corrected chi connectivity index (χ2v) is 7.72. The smallest absolute Gasteiger partial charge is 0.335 e. The van der Waals surface area contributed by atoms with Crippen molar-refractivity contribution < 1.29 is 23.9 Å². The predicted molar refractivity (Wildman–Crippen MR) is 126 cm³/mol. The summed E-state index contributed by atoms with van der Waals surface area (Å²) in [6.45, 7) is 8.38. The molecule has 0 radical (unpaired) electrons. The molecule has 0 unspecified atom stereocenters. The first-order valence-electron chi connectivity index (χ1n) is 10.1. The van der Waals surface area contributed by atoms with Crippen molar-refractivity contribution in [1.29, 1.82) is 0 Å². The van der Waals surface area contributed by atoms with Crippen LogP contribution in [-0.2, 0) is 16.0 Å². The maximum atomic E-state index is 13.1. The Bertz CT molecular complexity index is 1090. The van der Waals surface area contributed by atoms with E-state index in [-0.39, 0.29) is 5.57 Å². The molecule has 4 amide bonds.